The molecule has 0 unspecified atom stereocenters. The molecule has 0 bridgehead atoms. The van der Waals surface area contributed by atoms with E-state index in [1.54, 1.807) is 3.58 Å². The average Bonchev–Trinajstić information content (AvgIpc) is 3.16. The molecule has 0 aromatic carbocycles. The van der Waals surface area contributed by atoms with Crippen LogP contribution in [0.3, 0.4) is 0 Å². The summed E-state index contributed by atoms with van der Waals surface area (Å²) in [5.74, 6) is 0. The van der Waals surface area contributed by atoms with Crippen molar-refractivity contribution in [1.29, 1.82) is 0 Å². The molecule has 2 heterocycles. The third-order valence-electron chi connectivity index (χ3n) is 5.17. The number of aromatic nitrogens is 3. The third kappa shape index (κ3) is 5.08. The van der Waals surface area contributed by atoms with Crippen molar-refractivity contribution < 1.29 is 0 Å². The van der Waals surface area contributed by atoms with Crippen molar-refractivity contribution in [1.82, 2.24) is 15.2 Å². The van der Waals surface area contributed by atoms with E-state index < -0.39 is 18.4 Å². The first-order valence-corrected chi connectivity index (χ1v) is 17.2. The minimum atomic E-state index is -2.39. The molecule has 0 aliphatic rings. The Labute approximate surface area is 151 Å². The van der Waals surface area contributed by atoms with Crippen molar-refractivity contribution in [3.05, 3.63) is 30.6 Å². The summed E-state index contributed by atoms with van der Waals surface area (Å²) in [5.41, 5.74) is 2.11. The zero-order valence-corrected chi connectivity index (χ0v) is 18.5. The van der Waals surface area contributed by atoms with Crippen LogP contribution in [0, 0.1) is 0 Å². The van der Waals surface area contributed by atoms with Gasteiger partial charge in [-0.15, -0.1) is 0 Å². The number of unbranched alkanes of at least 4 members (excludes halogenated alkanes) is 3. The molecular formula is C20H33N3Sn. The van der Waals surface area contributed by atoms with E-state index in [-0.39, 0.29) is 0 Å². The van der Waals surface area contributed by atoms with Gasteiger partial charge in [0, 0.05) is 0 Å². The number of hydrogen-bond acceptors (Lipinski definition) is 2. The first-order valence-electron chi connectivity index (χ1n) is 9.72. The minimum absolute atomic E-state index is 1.02. The van der Waals surface area contributed by atoms with Crippen LogP contribution in [0.4, 0.5) is 0 Å². The van der Waals surface area contributed by atoms with E-state index in [0.29, 0.717) is 0 Å². The third-order valence-corrected chi connectivity index (χ3v) is 20.7. The summed E-state index contributed by atoms with van der Waals surface area (Å²) in [7, 11) is 0. The first-order chi connectivity index (χ1) is 11.8. The fourth-order valence-electron chi connectivity index (χ4n) is 3.63. The number of rotatable bonds is 11. The Morgan fingerprint density at radius 2 is 1.58 bits per heavy atom. The van der Waals surface area contributed by atoms with Crippen LogP contribution >= 0.6 is 0 Å². The van der Waals surface area contributed by atoms with E-state index in [4.69, 9.17) is 0 Å². The van der Waals surface area contributed by atoms with Crippen molar-refractivity contribution in [2.24, 2.45) is 0 Å². The second-order valence-corrected chi connectivity index (χ2v) is 20.2. The van der Waals surface area contributed by atoms with Gasteiger partial charge in [0.1, 0.15) is 0 Å². The van der Waals surface area contributed by atoms with Gasteiger partial charge in [0.25, 0.3) is 0 Å². The zero-order valence-electron chi connectivity index (χ0n) is 15.6. The van der Waals surface area contributed by atoms with Crippen LogP contribution in [0.1, 0.15) is 59.3 Å². The summed E-state index contributed by atoms with van der Waals surface area (Å²) < 4.78 is 6.02. The van der Waals surface area contributed by atoms with Crippen LogP contribution in [0.25, 0.3) is 11.4 Å². The fraction of sp³-hybridized carbons (Fsp3) is 0.600. The van der Waals surface area contributed by atoms with E-state index in [9.17, 15) is 0 Å². The van der Waals surface area contributed by atoms with Crippen LogP contribution in [0.15, 0.2) is 30.6 Å². The Balaban J connectivity index is 2.37. The molecule has 0 amide bonds. The Morgan fingerprint density at radius 1 is 0.958 bits per heavy atom. The molecule has 3 nitrogen and oxygen atoms in total. The van der Waals surface area contributed by atoms with Gasteiger partial charge < -0.3 is 0 Å². The first kappa shape index (κ1) is 19.5. The number of H-pyrrole nitrogens is 1. The summed E-state index contributed by atoms with van der Waals surface area (Å²) in [6, 6.07) is 6.50. The molecule has 4 heteroatoms. The van der Waals surface area contributed by atoms with Crippen molar-refractivity contribution in [2.75, 3.05) is 0 Å². The molecule has 0 fully saturated rings. The van der Waals surface area contributed by atoms with Crippen molar-refractivity contribution in [2.45, 2.75) is 72.6 Å². The normalized spacial score (nSPS) is 11.8. The van der Waals surface area contributed by atoms with Crippen LogP contribution < -0.4 is 3.58 Å². The quantitative estimate of drug-likeness (QED) is 0.473. The molecule has 132 valence electrons. The maximum absolute atomic E-state index is 4.41. The second-order valence-electron chi connectivity index (χ2n) is 7.00. The van der Waals surface area contributed by atoms with Gasteiger partial charge in [-0.2, -0.15) is 0 Å². The molecule has 0 spiro atoms. The molecule has 0 saturated carbocycles. The van der Waals surface area contributed by atoms with Gasteiger partial charge in [-0.3, -0.25) is 0 Å². The predicted octanol–water partition coefficient (Wildman–Crippen LogP) is 5.53. The maximum atomic E-state index is 4.41. The molecule has 0 atom stereocenters. The van der Waals surface area contributed by atoms with Crippen molar-refractivity contribution in [3.8, 4) is 11.4 Å². The molecular weight excluding hydrogens is 401 g/mol. The molecule has 2 aromatic rings. The van der Waals surface area contributed by atoms with Gasteiger partial charge in [0.05, 0.1) is 0 Å². The van der Waals surface area contributed by atoms with E-state index in [2.05, 4.69) is 54.3 Å². The summed E-state index contributed by atoms with van der Waals surface area (Å²) in [4.78, 5) is 3.28. The topological polar surface area (TPSA) is 41.6 Å². The molecule has 0 aliphatic carbocycles. The molecule has 0 aliphatic heterocycles. The summed E-state index contributed by atoms with van der Waals surface area (Å²) in [6.07, 6.45) is 12.1. The number of aromatic amines is 1. The number of nitrogens with one attached hydrogen (secondary N) is 1. The molecule has 2 aromatic heterocycles. The molecule has 0 saturated heterocycles. The average molecular weight is 434 g/mol. The SMILES string of the molecule is CCC[CH2][Sn]([CH2]CCC)([CH2]CCC)[c]1cnnc(-c2ccc[nH]2)c1. The molecule has 0 radical (unpaired) electrons. The van der Waals surface area contributed by atoms with Crippen LogP contribution in [-0.4, -0.2) is 33.6 Å². The van der Waals surface area contributed by atoms with E-state index >= 15 is 0 Å². The Bertz CT molecular complexity index is 559. The van der Waals surface area contributed by atoms with Crippen molar-refractivity contribution >= 4 is 22.0 Å². The Hall–Kier alpha value is -0.841. The van der Waals surface area contributed by atoms with Gasteiger partial charge in [0.2, 0.25) is 0 Å². The van der Waals surface area contributed by atoms with Crippen LogP contribution in [0.5, 0.6) is 0 Å². The molecule has 1 N–H and O–H groups in total. The second kappa shape index (κ2) is 10.2. The van der Waals surface area contributed by atoms with Gasteiger partial charge >= 0.3 is 152 Å². The summed E-state index contributed by atoms with van der Waals surface area (Å²) >= 11 is -2.39. The number of hydrogen-bond donors (Lipinski definition) is 1. The van der Waals surface area contributed by atoms with E-state index in [0.717, 1.165) is 11.4 Å². The monoisotopic (exact) mass is 435 g/mol. The summed E-state index contributed by atoms with van der Waals surface area (Å²) in [6.45, 7) is 6.97. The predicted molar refractivity (Wildman–Crippen MR) is 106 cm³/mol. The van der Waals surface area contributed by atoms with Gasteiger partial charge in [-0.1, -0.05) is 0 Å². The Kier molecular flexibility index (Phi) is 8.29. The van der Waals surface area contributed by atoms with E-state index in [1.165, 1.54) is 51.8 Å². The van der Waals surface area contributed by atoms with Crippen LogP contribution in [-0.2, 0) is 0 Å². The summed E-state index contributed by atoms with van der Waals surface area (Å²) in [5, 5.41) is 8.80. The number of nitrogens with zero attached hydrogens (tertiary/aromatic N) is 2. The zero-order chi connectivity index (χ0) is 17.3. The van der Waals surface area contributed by atoms with Gasteiger partial charge in [0.15, 0.2) is 0 Å². The standard InChI is InChI=1S/C8H6N3.3C4H9.Sn/c1-3-7(9-5-1)8-4-2-6-10-11-8;3*1-3-4-2;/h1,3-6,9H;3*1,3-4H2,2H3;. The van der Waals surface area contributed by atoms with Gasteiger partial charge in [-0.25, -0.2) is 0 Å². The van der Waals surface area contributed by atoms with Crippen LogP contribution in [0.2, 0.25) is 13.3 Å². The van der Waals surface area contributed by atoms with E-state index in [1.807, 2.05) is 12.3 Å². The van der Waals surface area contributed by atoms with Gasteiger partial charge in [-0.05, 0) is 0 Å². The van der Waals surface area contributed by atoms with Crippen molar-refractivity contribution in [3.63, 3.8) is 0 Å². The Morgan fingerprint density at radius 3 is 2.08 bits per heavy atom. The molecule has 24 heavy (non-hydrogen) atoms. The molecule has 2 rings (SSSR count). The fourth-order valence-corrected chi connectivity index (χ4v) is 19.3.